The van der Waals surface area contributed by atoms with E-state index in [1.807, 2.05) is 13.8 Å². The number of aliphatic hydroxyl groups is 4. The second-order valence-electron chi connectivity index (χ2n) is 6.34. The Labute approximate surface area is 237 Å². The van der Waals surface area contributed by atoms with Gasteiger partial charge < -0.3 is 48.8 Å². The van der Waals surface area contributed by atoms with Crippen LogP contribution in [0.2, 0.25) is 0 Å². The molecule has 0 aromatic rings. The fourth-order valence-electron chi connectivity index (χ4n) is 1.28. The van der Waals surface area contributed by atoms with Crippen molar-refractivity contribution in [1.29, 1.82) is 0 Å². The molecule has 0 amide bonds. The van der Waals surface area contributed by atoms with Crippen LogP contribution in [0.1, 0.15) is 81.1 Å². The van der Waals surface area contributed by atoms with E-state index in [1.165, 1.54) is 32.1 Å². The van der Waals surface area contributed by atoms with Gasteiger partial charge in [-0.2, -0.15) is 0 Å². The molecule has 0 saturated heterocycles. The Hall–Kier alpha value is -0.400. The third-order valence-electron chi connectivity index (χ3n) is 3.21. The topological polar surface area (TPSA) is 136 Å². The monoisotopic (exact) mass is 569 g/mol. The van der Waals surface area contributed by atoms with Crippen molar-refractivity contribution in [3.05, 3.63) is 0 Å². The molecule has 244 valence electrons. The number of hydrogen-bond donors (Lipinski definition) is 4. The molecule has 0 aliphatic carbocycles. The van der Waals surface area contributed by atoms with Gasteiger partial charge in [-0.1, -0.05) is 81.1 Å². The van der Waals surface area contributed by atoms with Gasteiger partial charge in [0.25, 0.3) is 0 Å². The van der Waals surface area contributed by atoms with Gasteiger partial charge in [-0.05, 0) is 0 Å². The van der Waals surface area contributed by atoms with Crippen LogP contribution < -0.4 is 0 Å². The van der Waals surface area contributed by atoms with Crippen LogP contribution in [0, 0.1) is 0 Å². The van der Waals surface area contributed by atoms with Gasteiger partial charge in [0.05, 0.1) is 79.3 Å². The predicted octanol–water partition coefficient (Wildman–Crippen LogP) is 4.20. The number of ether oxygens (including phenoxy) is 6. The van der Waals surface area contributed by atoms with Gasteiger partial charge in [0.1, 0.15) is 0 Å². The van der Waals surface area contributed by atoms with Crippen LogP contribution in [0.25, 0.3) is 0 Å². The summed E-state index contributed by atoms with van der Waals surface area (Å²) < 4.78 is 28.8. The highest BCUT2D eigenvalue weighted by atomic mass is 16.5. The summed E-state index contributed by atoms with van der Waals surface area (Å²) in [6.07, 6.45) is 6.72. The maximum Gasteiger partial charge on any atom is 0.0701 e. The molecule has 4 N–H and O–H groups in total. The minimum absolute atomic E-state index is 0. The maximum atomic E-state index is 8.32. The smallest absolute Gasteiger partial charge is 0.0701 e. The van der Waals surface area contributed by atoms with E-state index in [2.05, 4.69) is 37.2 Å². The average molecular weight is 569 g/mol. The second kappa shape index (κ2) is 90.8. The van der Waals surface area contributed by atoms with E-state index in [0.29, 0.717) is 59.5 Å². The summed E-state index contributed by atoms with van der Waals surface area (Å²) in [5, 5.41) is 31.5. The van der Waals surface area contributed by atoms with E-state index in [1.54, 1.807) is 21.3 Å². The summed E-state index contributed by atoms with van der Waals surface area (Å²) in [5.41, 5.74) is 0. The van der Waals surface area contributed by atoms with Gasteiger partial charge in [-0.15, -0.1) is 0 Å². The predicted molar refractivity (Wildman–Crippen MR) is 161 cm³/mol. The Morgan fingerprint density at radius 1 is 0.421 bits per heavy atom. The molecule has 0 aromatic heterocycles. The molecule has 0 fully saturated rings. The number of aliphatic hydroxyl groups excluding tert-OH is 4. The molecule has 0 rings (SSSR count). The summed E-state index contributed by atoms with van der Waals surface area (Å²) in [4.78, 5) is 0. The molecule has 0 radical (unpaired) electrons. The van der Waals surface area contributed by atoms with Crippen molar-refractivity contribution >= 4 is 0 Å². The minimum Gasteiger partial charge on any atom is -0.400 e. The van der Waals surface area contributed by atoms with Crippen molar-refractivity contribution in [2.45, 2.75) is 81.1 Å². The van der Waals surface area contributed by atoms with Crippen LogP contribution in [0.3, 0.4) is 0 Å². The average Bonchev–Trinajstić information content (AvgIpc) is 2.95. The Morgan fingerprint density at radius 2 is 0.684 bits per heavy atom. The molecule has 0 aliphatic rings. The number of methoxy groups -OCH3 is 3. The van der Waals surface area contributed by atoms with Gasteiger partial charge in [0, 0.05) is 28.4 Å². The molecule has 0 unspecified atom stereocenters. The summed E-state index contributed by atoms with van der Waals surface area (Å²) in [6.45, 7) is 17.8. The van der Waals surface area contributed by atoms with Crippen LogP contribution in [0.5, 0.6) is 0 Å². The molecule has 10 nitrogen and oxygen atoms in total. The van der Waals surface area contributed by atoms with Crippen molar-refractivity contribution in [3.63, 3.8) is 0 Å². The SMILES string of the molecule is C.CC.CCCC.CCCCC.CO.COCCO.COCCOCCO.COCCOCCOCCO. The Bertz CT molecular complexity index is 214. The molecular weight excluding hydrogens is 496 g/mol. The van der Waals surface area contributed by atoms with Crippen LogP contribution in [0.15, 0.2) is 0 Å². The van der Waals surface area contributed by atoms with Crippen LogP contribution in [-0.2, 0) is 28.4 Å². The molecule has 0 aliphatic heterocycles. The van der Waals surface area contributed by atoms with E-state index in [0.717, 1.165) is 7.11 Å². The summed E-state index contributed by atoms with van der Waals surface area (Å²) >= 11 is 0. The highest BCUT2D eigenvalue weighted by Gasteiger charge is 1.88. The molecule has 0 spiro atoms. The zero-order valence-electron chi connectivity index (χ0n) is 26.3. The minimum atomic E-state index is 0. The van der Waals surface area contributed by atoms with Gasteiger partial charge in [-0.25, -0.2) is 0 Å². The van der Waals surface area contributed by atoms with E-state index in [9.17, 15) is 0 Å². The Balaban J connectivity index is -0.0000000495. The molecule has 0 bridgehead atoms. The Kier molecular flexibility index (Phi) is 137. The van der Waals surface area contributed by atoms with Gasteiger partial charge in [0.2, 0.25) is 0 Å². The second-order valence-corrected chi connectivity index (χ2v) is 6.34. The van der Waals surface area contributed by atoms with Gasteiger partial charge in [0.15, 0.2) is 0 Å². The van der Waals surface area contributed by atoms with Crippen molar-refractivity contribution in [2.75, 3.05) is 108 Å². The van der Waals surface area contributed by atoms with Crippen molar-refractivity contribution in [2.24, 2.45) is 0 Å². The molecule has 0 atom stereocenters. The quantitative estimate of drug-likeness (QED) is 0.178. The van der Waals surface area contributed by atoms with E-state index in [-0.39, 0.29) is 27.2 Å². The summed E-state index contributed by atoms with van der Waals surface area (Å²) in [7, 11) is 5.80. The Morgan fingerprint density at radius 3 is 0.842 bits per heavy atom. The lowest BCUT2D eigenvalue weighted by Crippen LogP contribution is -2.09. The summed E-state index contributed by atoms with van der Waals surface area (Å²) in [5.74, 6) is 0. The zero-order valence-corrected chi connectivity index (χ0v) is 26.3. The largest absolute Gasteiger partial charge is 0.400 e. The zero-order chi connectivity index (χ0) is 30.3. The number of hydrogen-bond acceptors (Lipinski definition) is 10. The lowest BCUT2D eigenvalue weighted by atomic mass is 10.3. The molecule has 38 heavy (non-hydrogen) atoms. The standard InChI is InChI=1S/C7H16O4.C5H12O3.C5H12.C4H10.C3H8O2.C2H6.CH4O.CH4/c1-9-4-5-11-7-6-10-3-2-8;1-7-4-5-8-3-2-6;1-3-5-4-2;1-3-4-2;1-5-3-2-4;2*1-2;/h8H,2-7H2,1H3;6H,2-5H2,1H3;3-5H2,1-2H3;3-4H2,1-2H3;4H,2-3H2,1H3;1-2H3;2H,1H3;1H4. The number of rotatable bonds is 18. The van der Waals surface area contributed by atoms with Crippen LogP contribution >= 0.6 is 0 Å². The van der Waals surface area contributed by atoms with E-state index < -0.39 is 0 Å². The van der Waals surface area contributed by atoms with Crippen LogP contribution in [-0.4, -0.2) is 128 Å². The first-order valence-corrected chi connectivity index (χ1v) is 13.5. The first-order valence-electron chi connectivity index (χ1n) is 13.5. The van der Waals surface area contributed by atoms with E-state index in [4.69, 9.17) is 39.4 Å². The third kappa shape index (κ3) is 138. The lowest BCUT2D eigenvalue weighted by Gasteiger charge is -2.03. The molecule has 0 heterocycles. The van der Waals surface area contributed by atoms with Gasteiger partial charge >= 0.3 is 0 Å². The molecule has 0 saturated carbocycles. The van der Waals surface area contributed by atoms with Crippen molar-refractivity contribution in [1.82, 2.24) is 0 Å². The molecule has 0 aromatic carbocycles. The summed E-state index contributed by atoms with van der Waals surface area (Å²) in [6, 6.07) is 0. The first kappa shape index (κ1) is 57.5. The fourth-order valence-corrected chi connectivity index (χ4v) is 1.28. The van der Waals surface area contributed by atoms with Crippen molar-refractivity contribution < 1.29 is 48.8 Å². The molecular formula is C28H72O10. The fraction of sp³-hybridized carbons (Fsp3) is 1.00. The lowest BCUT2D eigenvalue weighted by molar-refractivity contribution is 0.0159. The molecule has 10 heteroatoms. The van der Waals surface area contributed by atoms with E-state index >= 15 is 0 Å². The number of unbranched alkanes of at least 4 members (excludes halogenated alkanes) is 3. The van der Waals surface area contributed by atoms with Crippen LogP contribution in [0.4, 0.5) is 0 Å². The van der Waals surface area contributed by atoms with Gasteiger partial charge in [-0.3, -0.25) is 0 Å². The highest BCUT2D eigenvalue weighted by Crippen LogP contribution is 1.88. The maximum absolute atomic E-state index is 8.32. The highest BCUT2D eigenvalue weighted by molar-refractivity contribution is 4.31. The third-order valence-corrected chi connectivity index (χ3v) is 3.21. The van der Waals surface area contributed by atoms with Crippen molar-refractivity contribution in [3.8, 4) is 0 Å². The first-order chi connectivity index (χ1) is 18.1. The normalized spacial score (nSPS) is 8.37.